The van der Waals surface area contributed by atoms with Gasteiger partial charge in [-0.3, -0.25) is 4.79 Å². The summed E-state index contributed by atoms with van der Waals surface area (Å²) >= 11 is 0. The SMILES string of the molecule is CCN(C(=O)CO[C@H](C)C(=O)O)C1=CCCC1. The molecule has 0 saturated heterocycles. The van der Waals surface area contributed by atoms with Crippen LogP contribution in [0.3, 0.4) is 0 Å². The van der Waals surface area contributed by atoms with Gasteiger partial charge in [0.1, 0.15) is 6.61 Å². The molecule has 1 rings (SSSR count). The van der Waals surface area contributed by atoms with Gasteiger partial charge in [0, 0.05) is 12.2 Å². The van der Waals surface area contributed by atoms with Gasteiger partial charge in [0.2, 0.25) is 0 Å². The molecule has 5 nitrogen and oxygen atoms in total. The van der Waals surface area contributed by atoms with E-state index < -0.39 is 12.1 Å². The highest BCUT2D eigenvalue weighted by molar-refractivity contribution is 5.80. The van der Waals surface area contributed by atoms with Gasteiger partial charge in [-0.05, 0) is 33.1 Å². The quantitative estimate of drug-likeness (QED) is 0.763. The molecule has 1 amide bonds. The Kier molecular flexibility index (Phi) is 5.15. The number of carbonyl (C=O) groups excluding carboxylic acids is 1. The summed E-state index contributed by atoms with van der Waals surface area (Å²) in [5.74, 6) is -1.23. The van der Waals surface area contributed by atoms with Crippen molar-refractivity contribution in [2.75, 3.05) is 13.2 Å². The van der Waals surface area contributed by atoms with Gasteiger partial charge >= 0.3 is 5.97 Å². The molecule has 0 aliphatic heterocycles. The van der Waals surface area contributed by atoms with Crippen molar-refractivity contribution in [2.24, 2.45) is 0 Å². The molecule has 0 aromatic rings. The molecule has 0 bridgehead atoms. The van der Waals surface area contributed by atoms with Crippen molar-refractivity contribution < 1.29 is 19.4 Å². The maximum Gasteiger partial charge on any atom is 0.332 e. The Morgan fingerprint density at radius 1 is 1.59 bits per heavy atom. The minimum absolute atomic E-state index is 0.172. The Morgan fingerprint density at radius 3 is 2.76 bits per heavy atom. The first-order chi connectivity index (χ1) is 8.06. The number of aliphatic carboxylic acids is 1. The number of hydrogen-bond acceptors (Lipinski definition) is 3. The Labute approximate surface area is 101 Å². The number of carbonyl (C=O) groups is 2. The molecular weight excluding hydrogens is 222 g/mol. The first kappa shape index (κ1) is 13.7. The van der Waals surface area contributed by atoms with Crippen LogP contribution >= 0.6 is 0 Å². The van der Waals surface area contributed by atoms with Crippen LogP contribution in [0.5, 0.6) is 0 Å². The molecule has 0 fully saturated rings. The number of amides is 1. The molecule has 1 N–H and O–H groups in total. The first-order valence-corrected chi connectivity index (χ1v) is 5.90. The maximum absolute atomic E-state index is 11.9. The first-order valence-electron chi connectivity index (χ1n) is 5.90. The number of allylic oxidation sites excluding steroid dienone is 2. The fourth-order valence-corrected chi connectivity index (χ4v) is 1.78. The monoisotopic (exact) mass is 241 g/mol. The summed E-state index contributed by atoms with van der Waals surface area (Å²) in [5.41, 5.74) is 1.03. The average Bonchev–Trinajstić information content (AvgIpc) is 2.80. The lowest BCUT2D eigenvalue weighted by Gasteiger charge is -2.22. The molecule has 17 heavy (non-hydrogen) atoms. The number of carboxylic acids is 1. The van der Waals surface area contributed by atoms with Crippen molar-refractivity contribution in [2.45, 2.75) is 39.2 Å². The van der Waals surface area contributed by atoms with E-state index in [-0.39, 0.29) is 12.5 Å². The van der Waals surface area contributed by atoms with Gasteiger partial charge in [-0.1, -0.05) is 6.08 Å². The van der Waals surface area contributed by atoms with Gasteiger partial charge in [0.15, 0.2) is 6.10 Å². The van der Waals surface area contributed by atoms with Crippen molar-refractivity contribution in [1.82, 2.24) is 4.90 Å². The van der Waals surface area contributed by atoms with Gasteiger partial charge in [-0.2, -0.15) is 0 Å². The largest absolute Gasteiger partial charge is 0.479 e. The molecule has 0 heterocycles. The minimum Gasteiger partial charge on any atom is -0.479 e. The average molecular weight is 241 g/mol. The third-order valence-corrected chi connectivity index (χ3v) is 2.79. The maximum atomic E-state index is 11.9. The zero-order valence-electron chi connectivity index (χ0n) is 10.3. The molecular formula is C12H19NO4. The summed E-state index contributed by atoms with van der Waals surface area (Å²) in [7, 11) is 0. The van der Waals surface area contributed by atoms with E-state index in [2.05, 4.69) is 6.08 Å². The Hall–Kier alpha value is -1.36. The lowest BCUT2D eigenvalue weighted by atomic mass is 10.3. The molecule has 1 atom stereocenters. The van der Waals surface area contributed by atoms with Crippen molar-refractivity contribution in [3.8, 4) is 0 Å². The lowest BCUT2D eigenvalue weighted by Crippen LogP contribution is -2.35. The normalized spacial score (nSPS) is 16.5. The molecule has 0 aromatic heterocycles. The van der Waals surface area contributed by atoms with Crippen LogP contribution in [0.15, 0.2) is 11.8 Å². The summed E-state index contributed by atoms with van der Waals surface area (Å²) in [6, 6.07) is 0. The van der Waals surface area contributed by atoms with Gasteiger partial charge < -0.3 is 14.7 Å². The highest BCUT2D eigenvalue weighted by atomic mass is 16.5. The van der Waals surface area contributed by atoms with Gasteiger partial charge in [-0.25, -0.2) is 4.79 Å². The van der Waals surface area contributed by atoms with Crippen LogP contribution in [0.1, 0.15) is 33.1 Å². The van der Waals surface area contributed by atoms with Crippen LogP contribution in [-0.2, 0) is 14.3 Å². The van der Waals surface area contributed by atoms with Crippen molar-refractivity contribution in [3.05, 3.63) is 11.8 Å². The molecule has 1 aliphatic carbocycles. The zero-order valence-corrected chi connectivity index (χ0v) is 10.3. The number of carboxylic acid groups (broad SMARTS) is 1. The lowest BCUT2D eigenvalue weighted by molar-refractivity contribution is -0.152. The van der Waals surface area contributed by atoms with E-state index in [1.807, 2.05) is 6.92 Å². The number of hydrogen-bond donors (Lipinski definition) is 1. The highest BCUT2D eigenvalue weighted by Crippen LogP contribution is 2.21. The molecule has 0 unspecified atom stereocenters. The molecule has 0 spiro atoms. The molecule has 1 aliphatic rings. The van der Waals surface area contributed by atoms with E-state index in [1.54, 1.807) is 4.90 Å². The van der Waals surface area contributed by atoms with Crippen molar-refractivity contribution in [3.63, 3.8) is 0 Å². The molecule has 0 radical (unpaired) electrons. The second-order valence-electron chi connectivity index (χ2n) is 4.02. The van der Waals surface area contributed by atoms with Gasteiger partial charge in [0.05, 0.1) is 0 Å². The number of likely N-dealkylation sites (N-methyl/N-ethyl adjacent to an activating group) is 1. The fourth-order valence-electron chi connectivity index (χ4n) is 1.78. The smallest absolute Gasteiger partial charge is 0.332 e. The third kappa shape index (κ3) is 3.85. The summed E-state index contributed by atoms with van der Waals surface area (Å²) in [5, 5.41) is 8.64. The van der Waals surface area contributed by atoms with Crippen LogP contribution in [0.25, 0.3) is 0 Å². The van der Waals surface area contributed by atoms with Gasteiger partial charge in [-0.15, -0.1) is 0 Å². The minimum atomic E-state index is -1.05. The van der Waals surface area contributed by atoms with E-state index in [4.69, 9.17) is 9.84 Å². The molecule has 0 aromatic carbocycles. The van der Waals surface area contributed by atoms with Crippen LogP contribution in [0, 0.1) is 0 Å². The summed E-state index contributed by atoms with van der Waals surface area (Å²) in [6.07, 6.45) is 4.10. The van der Waals surface area contributed by atoms with Crippen LogP contribution in [0.2, 0.25) is 0 Å². The Morgan fingerprint density at radius 2 is 2.29 bits per heavy atom. The second kappa shape index (κ2) is 6.39. The Bertz CT molecular complexity index is 324. The van der Waals surface area contributed by atoms with E-state index >= 15 is 0 Å². The van der Waals surface area contributed by atoms with E-state index in [9.17, 15) is 9.59 Å². The van der Waals surface area contributed by atoms with E-state index in [1.165, 1.54) is 6.92 Å². The van der Waals surface area contributed by atoms with E-state index in [0.29, 0.717) is 6.54 Å². The fraction of sp³-hybridized carbons (Fsp3) is 0.667. The second-order valence-corrected chi connectivity index (χ2v) is 4.02. The highest BCUT2D eigenvalue weighted by Gasteiger charge is 2.20. The van der Waals surface area contributed by atoms with Crippen LogP contribution < -0.4 is 0 Å². The van der Waals surface area contributed by atoms with E-state index in [0.717, 1.165) is 25.0 Å². The third-order valence-electron chi connectivity index (χ3n) is 2.79. The predicted octanol–water partition coefficient (Wildman–Crippen LogP) is 1.39. The summed E-state index contributed by atoms with van der Waals surface area (Å²) < 4.78 is 4.99. The molecule has 96 valence electrons. The standard InChI is InChI=1S/C12H19NO4/c1-3-13(10-6-4-5-7-10)11(14)8-17-9(2)12(15)16/h6,9H,3-5,7-8H2,1-2H3,(H,15,16)/t9-/m1/s1. The Balaban J connectivity index is 2.47. The van der Waals surface area contributed by atoms with Crippen molar-refractivity contribution >= 4 is 11.9 Å². The summed E-state index contributed by atoms with van der Waals surface area (Å²) in [4.78, 5) is 24.1. The number of nitrogens with zero attached hydrogens (tertiary/aromatic N) is 1. The van der Waals surface area contributed by atoms with Crippen LogP contribution in [-0.4, -0.2) is 41.1 Å². The van der Waals surface area contributed by atoms with Gasteiger partial charge in [0.25, 0.3) is 5.91 Å². The molecule has 5 heteroatoms. The van der Waals surface area contributed by atoms with Crippen LogP contribution in [0.4, 0.5) is 0 Å². The number of ether oxygens (including phenoxy) is 1. The zero-order chi connectivity index (χ0) is 12.8. The molecule has 0 saturated carbocycles. The number of rotatable bonds is 6. The predicted molar refractivity (Wildman–Crippen MR) is 62.4 cm³/mol. The summed E-state index contributed by atoms with van der Waals surface area (Å²) in [6.45, 7) is 3.73. The topological polar surface area (TPSA) is 66.8 Å². The van der Waals surface area contributed by atoms with Crippen molar-refractivity contribution in [1.29, 1.82) is 0 Å².